The van der Waals surface area contributed by atoms with Gasteiger partial charge in [0.1, 0.15) is 0 Å². The Morgan fingerprint density at radius 2 is 0.914 bits per heavy atom. The number of benzene rings is 9. The molecule has 0 fully saturated rings. The van der Waals surface area contributed by atoms with E-state index in [9.17, 15) is 0 Å². The van der Waals surface area contributed by atoms with E-state index in [0.29, 0.717) is 0 Å². The quantitative estimate of drug-likeness (QED) is 0.166. The van der Waals surface area contributed by atoms with E-state index in [2.05, 4.69) is 214 Å². The van der Waals surface area contributed by atoms with Gasteiger partial charge in [0, 0.05) is 11.4 Å². The number of fused-ring (bicyclic) bond motifs is 7. The van der Waals surface area contributed by atoms with Crippen molar-refractivity contribution < 1.29 is 0 Å². The van der Waals surface area contributed by atoms with Crippen molar-refractivity contribution in [2.75, 3.05) is 9.80 Å². The summed E-state index contributed by atoms with van der Waals surface area (Å²) in [6.45, 7) is 11.3. The zero-order valence-electron chi connectivity index (χ0n) is 33.6. The van der Waals surface area contributed by atoms with E-state index >= 15 is 0 Å². The Labute approximate surface area is 341 Å². The fourth-order valence-corrected chi connectivity index (χ4v) is 10.2. The van der Waals surface area contributed by atoms with Gasteiger partial charge < -0.3 is 9.80 Å². The van der Waals surface area contributed by atoms with Crippen LogP contribution in [-0.2, 0) is 0 Å². The van der Waals surface area contributed by atoms with Gasteiger partial charge in [-0.2, -0.15) is 0 Å². The molecule has 3 heteroatoms. The average Bonchev–Trinajstić information content (AvgIpc) is 3.23. The molecule has 9 aromatic rings. The van der Waals surface area contributed by atoms with Crippen LogP contribution in [0.1, 0.15) is 27.8 Å². The average molecular weight is 743 g/mol. The van der Waals surface area contributed by atoms with Crippen LogP contribution in [0.15, 0.2) is 170 Å². The third-order valence-corrected chi connectivity index (χ3v) is 12.8. The number of aryl methyl sites for hydroxylation is 5. The number of rotatable bonds is 4. The van der Waals surface area contributed by atoms with E-state index in [4.69, 9.17) is 0 Å². The summed E-state index contributed by atoms with van der Waals surface area (Å²) in [7, 11) is 0. The van der Waals surface area contributed by atoms with Crippen LogP contribution in [-0.4, -0.2) is 6.71 Å². The lowest BCUT2D eigenvalue weighted by Gasteiger charge is -2.46. The van der Waals surface area contributed by atoms with E-state index < -0.39 is 0 Å². The third kappa shape index (κ3) is 5.20. The van der Waals surface area contributed by atoms with Crippen LogP contribution in [0.25, 0.3) is 43.8 Å². The van der Waals surface area contributed by atoms with Crippen LogP contribution >= 0.6 is 0 Å². The van der Waals surface area contributed by atoms with E-state index in [1.807, 2.05) is 0 Å². The highest BCUT2D eigenvalue weighted by Crippen LogP contribution is 2.56. The molecule has 0 radical (unpaired) electrons. The molecule has 0 N–H and O–H groups in total. The van der Waals surface area contributed by atoms with Crippen molar-refractivity contribution in [2.45, 2.75) is 34.6 Å². The Balaban J connectivity index is 1.26. The number of nitrogens with zero attached hydrogens (tertiary/aromatic N) is 2. The van der Waals surface area contributed by atoms with Crippen molar-refractivity contribution in [3.63, 3.8) is 0 Å². The normalized spacial score (nSPS) is 12.8. The molecular weight excluding hydrogens is 699 g/mol. The fraction of sp³-hybridized carbons (Fsp3) is 0.0909. The van der Waals surface area contributed by atoms with E-state index in [-0.39, 0.29) is 6.71 Å². The Bertz CT molecular complexity index is 3120. The Morgan fingerprint density at radius 3 is 1.57 bits per heavy atom. The van der Waals surface area contributed by atoms with Crippen molar-refractivity contribution in [2.24, 2.45) is 0 Å². The molecule has 58 heavy (non-hydrogen) atoms. The number of hydrogen-bond acceptors (Lipinski definition) is 2. The molecule has 11 rings (SSSR count). The zero-order valence-corrected chi connectivity index (χ0v) is 33.6. The molecule has 0 aliphatic carbocycles. The standard InChI is InChI=1S/C55H43BN2/c1-34-28-37(4)53(38(5)29-34)56-48-30-43(46-20-12-7-15-36(46)3)24-27-49(48)58-51-32-41-17-9-8-16-40(41)31-50(51)57(52-33-42-18-10-13-21-47(42)54(56)55(52)58)44-25-22-39(23-26-44)45-19-11-6-14-35(45)2/h6-33H,1-5H3. The minimum absolute atomic E-state index is 0.00274. The first kappa shape index (κ1) is 34.4. The van der Waals surface area contributed by atoms with Crippen molar-refractivity contribution in [3.8, 4) is 22.3 Å². The fourth-order valence-electron chi connectivity index (χ4n) is 10.2. The van der Waals surface area contributed by atoms with Crippen LogP contribution in [0, 0.1) is 34.6 Å². The lowest BCUT2D eigenvalue weighted by atomic mass is 9.33. The Morgan fingerprint density at radius 1 is 0.379 bits per heavy atom. The molecule has 0 atom stereocenters. The summed E-state index contributed by atoms with van der Waals surface area (Å²) in [5, 5.41) is 4.99. The molecule has 2 heterocycles. The Hall–Kier alpha value is -6.84. The third-order valence-electron chi connectivity index (χ3n) is 12.8. The zero-order chi connectivity index (χ0) is 39.2. The SMILES string of the molecule is Cc1cc(C)c(B2c3cc(-c4ccccc4C)ccc3N3c4cc5ccccc5cc4N(c4ccc(-c5ccccc5C)cc4)c4cc5ccccc5c2c43)c(C)c1. The van der Waals surface area contributed by atoms with Crippen molar-refractivity contribution >= 4 is 78.8 Å². The van der Waals surface area contributed by atoms with E-state index in [1.165, 1.54) is 116 Å². The summed E-state index contributed by atoms with van der Waals surface area (Å²) in [5.41, 5.74) is 22.8. The largest absolute Gasteiger partial charge is 0.307 e. The van der Waals surface area contributed by atoms with Gasteiger partial charge in [-0.15, -0.1) is 0 Å². The second-order valence-electron chi connectivity index (χ2n) is 16.4. The van der Waals surface area contributed by atoms with Gasteiger partial charge in [0.2, 0.25) is 6.71 Å². The molecular formula is C55H43BN2. The van der Waals surface area contributed by atoms with Gasteiger partial charge in [-0.25, -0.2) is 0 Å². The smallest absolute Gasteiger partial charge is 0.248 e. The van der Waals surface area contributed by atoms with Crippen molar-refractivity contribution in [1.29, 1.82) is 0 Å². The summed E-state index contributed by atoms with van der Waals surface area (Å²) < 4.78 is 0. The first-order valence-corrected chi connectivity index (χ1v) is 20.5. The molecule has 0 amide bonds. The van der Waals surface area contributed by atoms with Crippen LogP contribution < -0.4 is 26.2 Å². The summed E-state index contributed by atoms with van der Waals surface area (Å²) >= 11 is 0. The van der Waals surface area contributed by atoms with E-state index in [0.717, 1.165) is 5.69 Å². The van der Waals surface area contributed by atoms with Crippen LogP contribution in [0.3, 0.4) is 0 Å². The van der Waals surface area contributed by atoms with Crippen molar-refractivity contribution in [3.05, 3.63) is 198 Å². The first-order chi connectivity index (χ1) is 28.3. The molecule has 2 aliphatic rings. The highest BCUT2D eigenvalue weighted by Gasteiger charge is 2.44. The number of hydrogen-bond donors (Lipinski definition) is 0. The second-order valence-corrected chi connectivity index (χ2v) is 16.4. The predicted octanol–water partition coefficient (Wildman–Crippen LogP) is 13.0. The van der Waals surface area contributed by atoms with Gasteiger partial charge in [0.25, 0.3) is 0 Å². The van der Waals surface area contributed by atoms with Crippen LogP contribution in [0.2, 0.25) is 0 Å². The lowest BCUT2D eigenvalue weighted by molar-refractivity contribution is 1.18. The van der Waals surface area contributed by atoms with Gasteiger partial charge in [-0.3, -0.25) is 0 Å². The Kier molecular flexibility index (Phi) is 7.78. The predicted molar refractivity (Wildman–Crippen MR) is 250 cm³/mol. The minimum Gasteiger partial charge on any atom is -0.307 e. The summed E-state index contributed by atoms with van der Waals surface area (Å²) in [4.78, 5) is 5.13. The first-order valence-electron chi connectivity index (χ1n) is 20.5. The maximum absolute atomic E-state index is 2.60. The van der Waals surface area contributed by atoms with Gasteiger partial charge in [-0.05, 0) is 137 Å². The second kappa shape index (κ2) is 13.1. The molecule has 0 saturated carbocycles. The molecule has 0 bridgehead atoms. The monoisotopic (exact) mass is 742 g/mol. The number of anilines is 6. The summed E-state index contributed by atoms with van der Waals surface area (Å²) in [6, 6.07) is 63.8. The summed E-state index contributed by atoms with van der Waals surface area (Å²) in [6.07, 6.45) is 0. The molecule has 0 unspecified atom stereocenters. The van der Waals surface area contributed by atoms with Gasteiger partial charge in [0.05, 0.1) is 22.7 Å². The maximum atomic E-state index is 2.60. The molecule has 0 aromatic heterocycles. The van der Waals surface area contributed by atoms with Gasteiger partial charge >= 0.3 is 0 Å². The van der Waals surface area contributed by atoms with Crippen LogP contribution in [0.5, 0.6) is 0 Å². The topological polar surface area (TPSA) is 6.48 Å². The molecule has 0 saturated heterocycles. The van der Waals surface area contributed by atoms with E-state index in [1.54, 1.807) is 0 Å². The van der Waals surface area contributed by atoms with Gasteiger partial charge in [-0.1, -0.05) is 156 Å². The highest BCUT2D eigenvalue weighted by atomic mass is 15.3. The minimum atomic E-state index is 0.00274. The van der Waals surface area contributed by atoms with Crippen molar-refractivity contribution in [1.82, 2.24) is 0 Å². The molecule has 0 spiro atoms. The molecule has 2 nitrogen and oxygen atoms in total. The molecule has 2 aliphatic heterocycles. The van der Waals surface area contributed by atoms with Gasteiger partial charge in [0.15, 0.2) is 0 Å². The highest BCUT2D eigenvalue weighted by molar-refractivity contribution is 7.00. The maximum Gasteiger partial charge on any atom is 0.248 e. The lowest BCUT2D eigenvalue weighted by Crippen LogP contribution is -2.59. The summed E-state index contributed by atoms with van der Waals surface area (Å²) in [5.74, 6) is 0. The molecule has 276 valence electrons. The molecule has 9 aromatic carbocycles. The van der Waals surface area contributed by atoms with Crippen LogP contribution in [0.4, 0.5) is 34.1 Å².